The van der Waals surface area contributed by atoms with Crippen molar-refractivity contribution < 1.29 is 78.0 Å². The molecule has 326 valence electrons. The van der Waals surface area contributed by atoms with Crippen LogP contribution in [0.2, 0.25) is 0 Å². The van der Waals surface area contributed by atoms with Gasteiger partial charge in [0.25, 0.3) is 0 Å². The highest BCUT2D eigenvalue weighted by atomic mass is 16.7. The Morgan fingerprint density at radius 3 is 2.17 bits per heavy atom. The lowest BCUT2D eigenvalue weighted by atomic mass is 9.72. The number of esters is 1. The number of ether oxygens (including phenoxy) is 5. The maximum Gasteiger partial charge on any atom is 0.407 e. The molecule has 3 aliphatic carbocycles. The quantitative estimate of drug-likeness (QED) is 0.0627. The van der Waals surface area contributed by atoms with Crippen molar-refractivity contribution in [3.63, 3.8) is 0 Å². The molecule has 0 saturated carbocycles. The van der Waals surface area contributed by atoms with Crippen molar-refractivity contribution in [2.75, 3.05) is 20.3 Å². The number of aliphatic carboxylic acids is 1. The summed E-state index contributed by atoms with van der Waals surface area (Å²) in [6.45, 7) is 0.415. The molecule has 0 aromatic heterocycles. The summed E-state index contributed by atoms with van der Waals surface area (Å²) in [6, 6.07) is 18.8. The fourth-order valence-electron chi connectivity index (χ4n) is 8.96. The molecule has 0 spiro atoms. The van der Waals surface area contributed by atoms with Crippen molar-refractivity contribution in [2.45, 2.75) is 68.3 Å². The molecular weight excluding hydrogens is 822 g/mol. The Morgan fingerprint density at radius 1 is 0.857 bits per heavy atom. The summed E-state index contributed by atoms with van der Waals surface area (Å²) in [6.07, 6.45) is -6.77. The topological polar surface area (TPSA) is 262 Å². The number of benzene rings is 4. The van der Waals surface area contributed by atoms with Crippen LogP contribution in [0.5, 0.6) is 17.2 Å². The number of hydrogen-bond donors (Lipinski definition) is 6. The largest absolute Gasteiger partial charge is 0.507 e. The third-order valence-electron chi connectivity index (χ3n) is 12.0. The first kappa shape index (κ1) is 42.8. The van der Waals surface area contributed by atoms with E-state index in [1.54, 1.807) is 0 Å². The number of aliphatic hydroxyl groups excluding tert-OH is 1. The molecule has 17 heteroatoms. The van der Waals surface area contributed by atoms with Crippen LogP contribution in [0.3, 0.4) is 0 Å². The Morgan fingerprint density at radius 2 is 1.51 bits per heavy atom. The number of carboxylic acids is 1. The summed E-state index contributed by atoms with van der Waals surface area (Å²) in [7, 11) is 1.28. The molecule has 1 amide bonds. The normalized spacial score (nSPS) is 23.5. The smallest absolute Gasteiger partial charge is 0.407 e. The van der Waals surface area contributed by atoms with Crippen LogP contribution in [-0.4, -0.2) is 111 Å². The Bertz CT molecular complexity index is 2570. The Balaban J connectivity index is 1.08. The van der Waals surface area contributed by atoms with Gasteiger partial charge in [0.15, 0.2) is 18.7 Å². The van der Waals surface area contributed by atoms with E-state index in [4.69, 9.17) is 28.8 Å². The molecule has 8 rings (SSSR count). The van der Waals surface area contributed by atoms with E-state index in [1.807, 2.05) is 48.5 Å². The molecule has 17 nitrogen and oxygen atoms in total. The monoisotopic (exact) mass is 863 g/mol. The number of nitrogens with one attached hydrogen (secondary N) is 1. The molecule has 1 saturated heterocycles. The summed E-state index contributed by atoms with van der Waals surface area (Å²) < 4.78 is 28.2. The van der Waals surface area contributed by atoms with E-state index in [9.17, 15) is 49.2 Å². The number of carbonyl (C=O) groups is 6. The first-order valence-electron chi connectivity index (χ1n) is 19.9. The lowest BCUT2D eigenvalue weighted by molar-refractivity contribution is -0.249. The number of fused-ring (bicyclic) bond motifs is 6. The number of alkyl carbamates (subject to hydrolysis) is 1. The number of Topliss-reactive ketones (excluding diaryl/α,β-unsaturated/α-hetero) is 1. The average Bonchev–Trinajstić information content (AvgIpc) is 3.58. The van der Waals surface area contributed by atoms with E-state index in [1.165, 1.54) is 32.2 Å². The summed E-state index contributed by atoms with van der Waals surface area (Å²) in [5, 5.41) is 58.4. The van der Waals surface area contributed by atoms with Crippen molar-refractivity contribution in [1.82, 2.24) is 5.32 Å². The second-order valence-corrected chi connectivity index (χ2v) is 15.7. The summed E-state index contributed by atoms with van der Waals surface area (Å²) in [4.78, 5) is 78.1. The van der Waals surface area contributed by atoms with Gasteiger partial charge in [-0.3, -0.25) is 14.4 Å². The van der Waals surface area contributed by atoms with Gasteiger partial charge >= 0.3 is 18.0 Å². The molecule has 4 aromatic rings. The highest BCUT2D eigenvalue weighted by molar-refractivity contribution is 6.31. The number of rotatable bonds is 11. The van der Waals surface area contributed by atoms with Crippen molar-refractivity contribution in [2.24, 2.45) is 0 Å². The molecule has 0 unspecified atom stereocenters. The number of hydrogen-bond acceptors (Lipinski definition) is 15. The standard InChI is InChI=1S/C46H41NO16/c1-21-40(52)29(47-45(57)61-19-28-24-10-5-3-8-22(24)23-9-4-6-11-25(23)28)16-35(62-21)63-31-18-46(58,32(48)20-60-34(51)15-14-33(49)50)17-27-37(31)44(56)39-38(42(27)54)41(53)26-12-7-13-30(59-2)36(26)43(39)55/h3-15,21,28-29,31,35,40,52,54,56,58H,16-20H2,1-2H3,(H,47,57)(H,49,50)/b15-14+/t21-,29-,31-,35-,40+,46-/m0/s1. The predicted molar refractivity (Wildman–Crippen MR) is 216 cm³/mol. The van der Waals surface area contributed by atoms with Crippen LogP contribution in [0.15, 0.2) is 78.9 Å². The summed E-state index contributed by atoms with van der Waals surface area (Å²) in [5.74, 6) is -7.41. The fourth-order valence-corrected chi connectivity index (χ4v) is 8.96. The van der Waals surface area contributed by atoms with Crippen LogP contribution in [0.25, 0.3) is 11.1 Å². The minimum Gasteiger partial charge on any atom is -0.507 e. The molecular formula is C46H41NO16. The van der Waals surface area contributed by atoms with Crippen molar-refractivity contribution in [3.05, 3.63) is 123 Å². The number of methoxy groups -OCH3 is 1. The minimum absolute atomic E-state index is 0.0179. The molecule has 1 aliphatic heterocycles. The second kappa shape index (κ2) is 16.7. The van der Waals surface area contributed by atoms with Gasteiger partial charge in [-0.15, -0.1) is 0 Å². The lowest BCUT2D eigenvalue weighted by Crippen LogP contribution is -2.56. The number of aliphatic hydroxyl groups is 2. The predicted octanol–water partition coefficient (Wildman–Crippen LogP) is 3.77. The molecule has 4 aromatic carbocycles. The maximum atomic E-state index is 14.1. The molecule has 1 fully saturated rings. The molecule has 4 aliphatic rings. The molecule has 63 heavy (non-hydrogen) atoms. The number of phenols is 2. The van der Waals surface area contributed by atoms with Gasteiger partial charge in [0.05, 0.1) is 42.0 Å². The zero-order chi connectivity index (χ0) is 44.9. The van der Waals surface area contributed by atoms with E-state index >= 15 is 0 Å². The van der Waals surface area contributed by atoms with Crippen LogP contribution in [0, 0.1) is 0 Å². The number of amides is 1. The highest BCUT2D eigenvalue weighted by Crippen LogP contribution is 2.53. The molecule has 6 atom stereocenters. The summed E-state index contributed by atoms with van der Waals surface area (Å²) >= 11 is 0. The minimum atomic E-state index is -2.53. The Kier molecular flexibility index (Phi) is 11.4. The number of phenolic OH excluding ortho intramolecular Hbond substituents is 2. The second-order valence-electron chi connectivity index (χ2n) is 15.7. The number of carboxylic acid groups (broad SMARTS) is 1. The van der Waals surface area contributed by atoms with Gasteiger partial charge in [-0.2, -0.15) is 0 Å². The zero-order valence-corrected chi connectivity index (χ0v) is 33.7. The SMILES string of the molecule is COc1cccc2c1C(=O)c1c(O)c3c(c(O)c1C2=O)C[C@@](O)(C(=O)COC(=O)/C=C/C(=O)O)C[C@@H]3O[C@H]1C[C@H](NC(=O)OCC2c3ccccc3-c3ccccc32)[C@H](O)[C@H](C)O1. The number of aromatic hydroxyl groups is 2. The van der Waals surface area contributed by atoms with Crippen LogP contribution in [-0.2, 0) is 39.8 Å². The van der Waals surface area contributed by atoms with Gasteiger partial charge in [0.2, 0.25) is 11.6 Å². The lowest BCUT2D eigenvalue weighted by Gasteiger charge is -2.42. The summed E-state index contributed by atoms with van der Waals surface area (Å²) in [5.41, 5.74) is -0.611. The van der Waals surface area contributed by atoms with E-state index in [2.05, 4.69) is 5.32 Å². The molecule has 0 radical (unpaired) electrons. The Labute approximate surface area is 358 Å². The average molecular weight is 864 g/mol. The molecule has 1 heterocycles. The van der Waals surface area contributed by atoms with Crippen LogP contribution in [0.1, 0.15) is 85.9 Å². The third-order valence-corrected chi connectivity index (χ3v) is 12.0. The zero-order valence-electron chi connectivity index (χ0n) is 33.7. The van der Waals surface area contributed by atoms with Gasteiger partial charge in [-0.05, 0) is 35.2 Å². The van der Waals surface area contributed by atoms with E-state index in [0.717, 1.165) is 22.3 Å². The van der Waals surface area contributed by atoms with E-state index < -0.39 is 114 Å². The van der Waals surface area contributed by atoms with Gasteiger partial charge in [0.1, 0.15) is 35.6 Å². The van der Waals surface area contributed by atoms with Crippen LogP contribution < -0.4 is 10.1 Å². The van der Waals surface area contributed by atoms with Gasteiger partial charge < -0.3 is 54.5 Å². The number of ketones is 3. The van der Waals surface area contributed by atoms with Gasteiger partial charge in [-0.25, -0.2) is 14.4 Å². The third kappa shape index (κ3) is 7.69. The Hall–Kier alpha value is -6.92. The van der Waals surface area contributed by atoms with Crippen LogP contribution in [0.4, 0.5) is 4.79 Å². The molecule has 6 N–H and O–H groups in total. The van der Waals surface area contributed by atoms with Crippen molar-refractivity contribution >= 4 is 35.4 Å². The van der Waals surface area contributed by atoms with Crippen molar-refractivity contribution in [1.29, 1.82) is 0 Å². The van der Waals surface area contributed by atoms with E-state index in [-0.39, 0.29) is 46.9 Å². The van der Waals surface area contributed by atoms with E-state index in [0.29, 0.717) is 12.2 Å². The first-order valence-corrected chi connectivity index (χ1v) is 19.9. The van der Waals surface area contributed by atoms with Gasteiger partial charge in [0, 0.05) is 54.0 Å². The maximum absolute atomic E-state index is 14.1. The van der Waals surface area contributed by atoms with Gasteiger partial charge in [-0.1, -0.05) is 60.7 Å². The van der Waals surface area contributed by atoms with Crippen LogP contribution >= 0.6 is 0 Å². The van der Waals surface area contributed by atoms with Crippen molar-refractivity contribution in [3.8, 4) is 28.4 Å². The fraction of sp³-hybridized carbons (Fsp3) is 0.304. The highest BCUT2D eigenvalue weighted by Gasteiger charge is 2.51. The number of carbonyl (C=O) groups excluding carboxylic acids is 5. The first-order chi connectivity index (χ1) is 30.1. The molecule has 0 bridgehead atoms.